The molecule has 0 heterocycles. The number of hydrogen-bond acceptors (Lipinski definition) is 5. The fraction of sp³-hybridized carbons (Fsp3) is 0.250. The van der Waals surface area contributed by atoms with Crippen LogP contribution in [-0.4, -0.2) is 30.6 Å². The van der Waals surface area contributed by atoms with Gasteiger partial charge >= 0.3 is 11.4 Å². The van der Waals surface area contributed by atoms with Gasteiger partial charge < -0.3 is 9.47 Å². The molecule has 0 aromatic heterocycles. The Balaban J connectivity index is 1.49. The predicted molar refractivity (Wildman–Crippen MR) is 83.9 cm³/mol. The van der Waals surface area contributed by atoms with E-state index in [1.165, 1.54) is 0 Å². The smallest absolute Gasteiger partial charge is 0.304 e. The molecule has 0 aliphatic heterocycles. The van der Waals surface area contributed by atoms with E-state index in [1.54, 1.807) is 0 Å². The van der Waals surface area contributed by atoms with Gasteiger partial charge in [-0.2, -0.15) is 4.21 Å². The first-order chi connectivity index (χ1) is 10.8. The molecular formula is C16H18O5S. The minimum atomic E-state index is -1.80. The number of para-hydroxylation sites is 2. The highest BCUT2D eigenvalue weighted by Gasteiger charge is 2.02. The molecule has 0 fully saturated rings. The van der Waals surface area contributed by atoms with Gasteiger partial charge in [0.1, 0.15) is 37.9 Å². The summed E-state index contributed by atoms with van der Waals surface area (Å²) in [5.41, 5.74) is 0. The largest absolute Gasteiger partial charge is 0.491 e. The SMILES string of the molecule is O=S(OCCOc1ccccc1)OCCOc1ccccc1. The Morgan fingerprint density at radius 3 is 1.45 bits per heavy atom. The number of benzene rings is 2. The van der Waals surface area contributed by atoms with Crippen molar-refractivity contribution in [2.45, 2.75) is 0 Å². The minimum absolute atomic E-state index is 0.182. The Labute approximate surface area is 132 Å². The molecule has 5 nitrogen and oxygen atoms in total. The van der Waals surface area contributed by atoms with Crippen LogP contribution in [0, 0.1) is 0 Å². The molecule has 0 aliphatic carbocycles. The van der Waals surface area contributed by atoms with E-state index in [-0.39, 0.29) is 13.2 Å². The third kappa shape index (κ3) is 6.71. The number of ether oxygens (including phenoxy) is 2. The topological polar surface area (TPSA) is 54.0 Å². The average Bonchev–Trinajstić information content (AvgIpc) is 2.57. The van der Waals surface area contributed by atoms with Crippen LogP contribution in [0.5, 0.6) is 11.5 Å². The van der Waals surface area contributed by atoms with Gasteiger partial charge in [0.15, 0.2) is 0 Å². The van der Waals surface area contributed by atoms with E-state index < -0.39 is 11.4 Å². The summed E-state index contributed by atoms with van der Waals surface area (Å²) in [5, 5.41) is 0. The molecule has 0 saturated heterocycles. The second kappa shape index (κ2) is 9.94. The zero-order valence-corrected chi connectivity index (χ0v) is 12.9. The van der Waals surface area contributed by atoms with Gasteiger partial charge in [-0.1, -0.05) is 36.4 Å². The summed E-state index contributed by atoms with van der Waals surface area (Å²) in [7, 11) is 0. The summed E-state index contributed by atoms with van der Waals surface area (Å²) in [5.74, 6) is 1.49. The van der Waals surface area contributed by atoms with Crippen LogP contribution in [0.15, 0.2) is 60.7 Å². The van der Waals surface area contributed by atoms with Crippen molar-refractivity contribution in [1.29, 1.82) is 0 Å². The highest BCUT2D eigenvalue weighted by Crippen LogP contribution is 2.08. The highest BCUT2D eigenvalue weighted by molar-refractivity contribution is 7.75. The molecule has 0 radical (unpaired) electrons. The molecule has 0 saturated carbocycles. The Morgan fingerprint density at radius 1 is 0.636 bits per heavy atom. The van der Waals surface area contributed by atoms with Gasteiger partial charge in [0.2, 0.25) is 0 Å². The molecule has 0 atom stereocenters. The predicted octanol–water partition coefficient (Wildman–Crippen LogP) is 2.76. The van der Waals surface area contributed by atoms with Crippen LogP contribution < -0.4 is 9.47 Å². The molecule has 22 heavy (non-hydrogen) atoms. The number of hydrogen-bond donors (Lipinski definition) is 0. The molecule has 0 aliphatic rings. The van der Waals surface area contributed by atoms with E-state index in [2.05, 4.69) is 0 Å². The van der Waals surface area contributed by atoms with E-state index in [0.29, 0.717) is 13.2 Å². The van der Waals surface area contributed by atoms with Gasteiger partial charge in [-0.15, -0.1) is 0 Å². The monoisotopic (exact) mass is 322 g/mol. The molecule has 0 N–H and O–H groups in total. The Bertz CT molecular complexity index is 497. The third-order valence-electron chi connectivity index (χ3n) is 2.55. The van der Waals surface area contributed by atoms with Gasteiger partial charge in [-0.25, -0.2) is 0 Å². The molecule has 2 aromatic rings. The molecule has 0 bridgehead atoms. The van der Waals surface area contributed by atoms with E-state index in [4.69, 9.17) is 17.8 Å². The third-order valence-corrected chi connectivity index (χ3v) is 3.27. The van der Waals surface area contributed by atoms with Crippen LogP contribution in [0.2, 0.25) is 0 Å². The normalized spacial score (nSPS) is 10.6. The molecule has 2 aromatic carbocycles. The van der Waals surface area contributed by atoms with E-state index in [0.717, 1.165) is 11.5 Å². The van der Waals surface area contributed by atoms with Crippen LogP contribution in [-0.2, 0) is 19.7 Å². The van der Waals surface area contributed by atoms with Crippen LogP contribution >= 0.6 is 0 Å². The van der Waals surface area contributed by atoms with Crippen molar-refractivity contribution in [2.24, 2.45) is 0 Å². The lowest BCUT2D eigenvalue weighted by atomic mass is 10.3. The average molecular weight is 322 g/mol. The molecule has 0 amide bonds. The lowest BCUT2D eigenvalue weighted by molar-refractivity contribution is 0.179. The lowest BCUT2D eigenvalue weighted by Crippen LogP contribution is -2.13. The van der Waals surface area contributed by atoms with Gasteiger partial charge in [-0.05, 0) is 24.3 Å². The van der Waals surface area contributed by atoms with Crippen molar-refractivity contribution in [3.63, 3.8) is 0 Å². The fourth-order valence-corrected chi connectivity index (χ4v) is 2.07. The summed E-state index contributed by atoms with van der Waals surface area (Å²) >= 11 is -1.80. The van der Waals surface area contributed by atoms with E-state index in [1.807, 2.05) is 60.7 Å². The fourth-order valence-electron chi connectivity index (χ4n) is 1.59. The van der Waals surface area contributed by atoms with Gasteiger partial charge in [0.25, 0.3) is 0 Å². The first-order valence-corrected chi connectivity index (χ1v) is 7.88. The van der Waals surface area contributed by atoms with Crippen molar-refractivity contribution < 1.29 is 22.0 Å². The highest BCUT2D eigenvalue weighted by atomic mass is 32.2. The lowest BCUT2D eigenvalue weighted by Gasteiger charge is -2.07. The summed E-state index contributed by atoms with van der Waals surface area (Å²) in [6.07, 6.45) is 0. The zero-order chi connectivity index (χ0) is 15.5. The molecule has 0 spiro atoms. The second-order valence-electron chi connectivity index (χ2n) is 4.17. The van der Waals surface area contributed by atoms with Crippen LogP contribution in [0.25, 0.3) is 0 Å². The number of rotatable bonds is 10. The van der Waals surface area contributed by atoms with E-state index in [9.17, 15) is 4.21 Å². The summed E-state index contributed by atoms with van der Waals surface area (Å²) in [4.78, 5) is 0. The quantitative estimate of drug-likeness (QED) is 0.630. The molecule has 118 valence electrons. The molecular weight excluding hydrogens is 304 g/mol. The first kappa shape index (κ1) is 16.5. The van der Waals surface area contributed by atoms with Crippen LogP contribution in [0.1, 0.15) is 0 Å². The second-order valence-corrected chi connectivity index (χ2v) is 5.05. The Hall–Kier alpha value is -1.89. The molecule has 0 unspecified atom stereocenters. The maximum Gasteiger partial charge on any atom is 0.304 e. The minimum Gasteiger partial charge on any atom is -0.491 e. The summed E-state index contributed by atoms with van der Waals surface area (Å²) in [6, 6.07) is 18.7. The maximum atomic E-state index is 11.4. The van der Waals surface area contributed by atoms with Crippen molar-refractivity contribution in [3.05, 3.63) is 60.7 Å². The standard InChI is InChI=1S/C16H18O5S/c17-22(20-13-11-18-15-7-3-1-4-8-15)21-14-12-19-16-9-5-2-6-10-16/h1-10H,11-14H2. The zero-order valence-electron chi connectivity index (χ0n) is 12.1. The van der Waals surface area contributed by atoms with E-state index >= 15 is 0 Å². The molecule has 6 heteroatoms. The van der Waals surface area contributed by atoms with Crippen LogP contribution in [0.3, 0.4) is 0 Å². The summed E-state index contributed by atoms with van der Waals surface area (Å²) < 4.78 is 32.2. The van der Waals surface area contributed by atoms with Crippen molar-refractivity contribution in [1.82, 2.24) is 0 Å². The van der Waals surface area contributed by atoms with Crippen molar-refractivity contribution in [2.75, 3.05) is 26.4 Å². The summed E-state index contributed by atoms with van der Waals surface area (Å²) in [6.45, 7) is 0.974. The Morgan fingerprint density at radius 2 is 1.05 bits per heavy atom. The first-order valence-electron chi connectivity index (χ1n) is 6.88. The van der Waals surface area contributed by atoms with Crippen molar-refractivity contribution >= 4 is 11.4 Å². The Kier molecular flexibility index (Phi) is 7.45. The van der Waals surface area contributed by atoms with Gasteiger partial charge in [0, 0.05) is 0 Å². The van der Waals surface area contributed by atoms with Gasteiger partial charge in [0.05, 0.1) is 0 Å². The van der Waals surface area contributed by atoms with Crippen molar-refractivity contribution in [3.8, 4) is 11.5 Å². The molecule has 2 rings (SSSR count). The van der Waals surface area contributed by atoms with Gasteiger partial charge in [-0.3, -0.25) is 8.37 Å². The van der Waals surface area contributed by atoms with Crippen LogP contribution in [0.4, 0.5) is 0 Å². The maximum absolute atomic E-state index is 11.4.